The number of hydrazine groups is 1. The van der Waals surface area contributed by atoms with Crippen LogP contribution in [-0.2, 0) is 6.54 Å². The first-order valence-electron chi connectivity index (χ1n) is 9.89. The number of nitrogens with one attached hydrogen (secondary N) is 3. The first kappa shape index (κ1) is 22.9. The van der Waals surface area contributed by atoms with Gasteiger partial charge in [0.1, 0.15) is 0 Å². The Morgan fingerprint density at radius 1 is 1.00 bits per heavy atom. The van der Waals surface area contributed by atoms with Crippen molar-refractivity contribution >= 4 is 35.3 Å². The summed E-state index contributed by atoms with van der Waals surface area (Å²) in [6, 6.07) is 20.4. The summed E-state index contributed by atoms with van der Waals surface area (Å²) in [4.78, 5) is 25.7. The zero-order valence-electron chi connectivity index (χ0n) is 17.6. The predicted molar refractivity (Wildman–Crippen MR) is 129 cm³/mol. The van der Waals surface area contributed by atoms with Crippen LogP contribution in [0.3, 0.4) is 0 Å². The van der Waals surface area contributed by atoms with E-state index in [9.17, 15) is 9.59 Å². The summed E-state index contributed by atoms with van der Waals surface area (Å²) in [5.41, 5.74) is 12.5. The molecule has 0 aliphatic carbocycles. The van der Waals surface area contributed by atoms with Crippen LogP contribution in [0, 0.1) is 0 Å². The fraction of sp³-hybridized carbons (Fsp3) is 0.0833. The van der Waals surface area contributed by atoms with E-state index in [2.05, 4.69) is 16.1 Å². The largest absolute Gasteiger partial charge is 0.403 e. The van der Waals surface area contributed by atoms with Crippen molar-refractivity contribution in [3.63, 3.8) is 0 Å². The van der Waals surface area contributed by atoms with Gasteiger partial charge in [0.2, 0.25) is 0 Å². The second kappa shape index (κ2) is 11.0. The maximum atomic E-state index is 12.7. The van der Waals surface area contributed by atoms with Crippen molar-refractivity contribution in [3.8, 4) is 0 Å². The molecule has 0 aliphatic rings. The highest BCUT2D eigenvalue weighted by Gasteiger charge is 2.12. The molecule has 0 spiro atoms. The molecule has 0 bridgehead atoms. The van der Waals surface area contributed by atoms with Crippen molar-refractivity contribution in [3.05, 3.63) is 95.2 Å². The minimum atomic E-state index is -0.179. The number of hydrogen-bond acceptors (Lipinski definition) is 7. The number of carbonyl (C=O) groups excluding carboxylic acids is 2. The van der Waals surface area contributed by atoms with E-state index in [-0.39, 0.29) is 5.91 Å². The molecule has 0 saturated heterocycles. The van der Waals surface area contributed by atoms with Gasteiger partial charge in [-0.1, -0.05) is 54.2 Å². The third-order valence-electron chi connectivity index (χ3n) is 4.82. The highest BCUT2D eigenvalue weighted by molar-refractivity contribution is 7.99. The first-order chi connectivity index (χ1) is 15.6. The molecule has 0 aromatic heterocycles. The lowest BCUT2D eigenvalue weighted by Gasteiger charge is -2.13. The van der Waals surface area contributed by atoms with Crippen LogP contribution >= 0.6 is 11.8 Å². The number of carbonyl (C=O) groups is 2. The molecule has 3 aromatic carbocycles. The molecule has 0 radical (unpaired) electrons. The van der Waals surface area contributed by atoms with Crippen LogP contribution in [0.5, 0.6) is 0 Å². The molecule has 3 rings (SSSR count). The van der Waals surface area contributed by atoms with Crippen molar-refractivity contribution in [1.29, 1.82) is 0 Å². The lowest BCUT2D eigenvalue weighted by atomic mass is 10.1. The molecule has 7 N–H and O–H groups in total. The summed E-state index contributed by atoms with van der Waals surface area (Å²) >= 11 is 1.47. The zero-order chi connectivity index (χ0) is 22.9. The van der Waals surface area contributed by atoms with Crippen LogP contribution in [0.4, 0.5) is 5.69 Å². The SMILES string of the molecule is CNc1cc(C(=O)NCc2ccc(/C(=C/N)NN)cc2)ccc1Sc1ccccc1C=O. The molecule has 32 heavy (non-hydrogen) atoms. The normalized spacial score (nSPS) is 11.0. The summed E-state index contributed by atoms with van der Waals surface area (Å²) in [6.45, 7) is 0.384. The average Bonchev–Trinajstić information content (AvgIpc) is 2.84. The van der Waals surface area contributed by atoms with Gasteiger partial charge in [0.05, 0.1) is 5.70 Å². The summed E-state index contributed by atoms with van der Waals surface area (Å²) in [5.74, 6) is 5.25. The minimum Gasteiger partial charge on any atom is -0.403 e. The van der Waals surface area contributed by atoms with Crippen LogP contribution in [-0.4, -0.2) is 19.2 Å². The third-order valence-corrected chi connectivity index (χ3v) is 5.98. The van der Waals surface area contributed by atoms with E-state index >= 15 is 0 Å². The molecule has 0 heterocycles. The Bertz CT molecular complexity index is 1130. The van der Waals surface area contributed by atoms with Gasteiger partial charge in [0, 0.05) is 52.0 Å². The van der Waals surface area contributed by atoms with Crippen LogP contribution < -0.4 is 27.6 Å². The molecule has 7 nitrogen and oxygen atoms in total. The fourth-order valence-corrected chi connectivity index (χ4v) is 4.08. The van der Waals surface area contributed by atoms with E-state index in [1.54, 1.807) is 25.2 Å². The number of benzene rings is 3. The van der Waals surface area contributed by atoms with Crippen molar-refractivity contribution in [1.82, 2.24) is 10.7 Å². The predicted octanol–water partition coefficient (Wildman–Crippen LogP) is 3.34. The van der Waals surface area contributed by atoms with E-state index in [0.717, 1.165) is 32.9 Å². The van der Waals surface area contributed by atoms with E-state index in [0.29, 0.717) is 23.4 Å². The van der Waals surface area contributed by atoms with Gasteiger partial charge in [-0.15, -0.1) is 0 Å². The van der Waals surface area contributed by atoms with Gasteiger partial charge in [-0.3, -0.25) is 15.4 Å². The molecular weight excluding hydrogens is 422 g/mol. The number of amides is 1. The quantitative estimate of drug-likeness (QED) is 0.194. The summed E-state index contributed by atoms with van der Waals surface area (Å²) in [5, 5.41) is 6.06. The standard InChI is InChI=1S/C24H25N5O2S/c1-27-20-12-18(10-11-23(20)32-22-5-3-2-4-19(22)15-30)24(31)28-14-16-6-8-17(9-7-16)21(13-25)29-26/h2-13,15,27,29H,14,25-26H2,1H3,(H,28,31)/b21-13-. The maximum Gasteiger partial charge on any atom is 0.251 e. The first-order valence-corrected chi connectivity index (χ1v) is 10.7. The number of anilines is 1. The molecule has 0 saturated carbocycles. The summed E-state index contributed by atoms with van der Waals surface area (Å²) < 4.78 is 0. The zero-order valence-corrected chi connectivity index (χ0v) is 18.4. The molecule has 0 aliphatic heterocycles. The molecule has 0 fully saturated rings. The molecule has 3 aromatic rings. The van der Waals surface area contributed by atoms with E-state index in [1.807, 2.05) is 48.5 Å². The summed E-state index contributed by atoms with van der Waals surface area (Å²) in [6.07, 6.45) is 2.24. The Morgan fingerprint density at radius 2 is 1.72 bits per heavy atom. The smallest absolute Gasteiger partial charge is 0.251 e. The van der Waals surface area contributed by atoms with Gasteiger partial charge >= 0.3 is 0 Å². The van der Waals surface area contributed by atoms with Crippen molar-refractivity contribution in [2.24, 2.45) is 11.6 Å². The Balaban J connectivity index is 1.69. The Labute approximate surface area is 191 Å². The van der Waals surface area contributed by atoms with Gasteiger partial charge in [-0.2, -0.15) is 0 Å². The van der Waals surface area contributed by atoms with Gasteiger partial charge in [0.25, 0.3) is 5.91 Å². The van der Waals surface area contributed by atoms with Crippen LogP contribution in [0.25, 0.3) is 5.70 Å². The second-order valence-corrected chi connectivity index (χ2v) is 7.91. The van der Waals surface area contributed by atoms with Crippen LogP contribution in [0.2, 0.25) is 0 Å². The van der Waals surface area contributed by atoms with Crippen molar-refractivity contribution in [2.75, 3.05) is 12.4 Å². The highest BCUT2D eigenvalue weighted by Crippen LogP contribution is 2.35. The molecule has 0 atom stereocenters. The number of hydrogen-bond donors (Lipinski definition) is 5. The average molecular weight is 448 g/mol. The van der Waals surface area contributed by atoms with E-state index in [4.69, 9.17) is 11.6 Å². The molecule has 0 unspecified atom stereocenters. The maximum absolute atomic E-state index is 12.7. The second-order valence-electron chi connectivity index (χ2n) is 6.82. The molecular formula is C24H25N5O2S. The summed E-state index contributed by atoms with van der Waals surface area (Å²) in [7, 11) is 1.80. The Morgan fingerprint density at radius 3 is 2.38 bits per heavy atom. The molecule has 1 amide bonds. The van der Waals surface area contributed by atoms with Crippen LogP contribution in [0.15, 0.2) is 82.7 Å². The minimum absolute atomic E-state index is 0.179. The van der Waals surface area contributed by atoms with Crippen molar-refractivity contribution < 1.29 is 9.59 Å². The van der Waals surface area contributed by atoms with Crippen molar-refractivity contribution in [2.45, 2.75) is 16.3 Å². The highest BCUT2D eigenvalue weighted by atomic mass is 32.2. The third kappa shape index (κ3) is 5.48. The van der Waals surface area contributed by atoms with Gasteiger partial charge < -0.3 is 21.8 Å². The monoisotopic (exact) mass is 447 g/mol. The number of rotatable bonds is 9. The Hall–Kier alpha value is -3.75. The van der Waals surface area contributed by atoms with Gasteiger partial charge in [-0.25, -0.2) is 0 Å². The van der Waals surface area contributed by atoms with Crippen LogP contribution in [0.1, 0.15) is 31.8 Å². The lowest BCUT2D eigenvalue weighted by molar-refractivity contribution is 0.0950. The van der Waals surface area contributed by atoms with E-state index in [1.165, 1.54) is 18.0 Å². The molecule has 164 valence electrons. The number of aldehydes is 1. The fourth-order valence-electron chi connectivity index (χ4n) is 3.06. The molecule has 8 heteroatoms. The Kier molecular flexibility index (Phi) is 7.91. The van der Waals surface area contributed by atoms with Gasteiger partial charge in [0.15, 0.2) is 6.29 Å². The number of nitrogens with two attached hydrogens (primary N) is 2. The van der Waals surface area contributed by atoms with Gasteiger partial charge in [-0.05, 0) is 29.8 Å². The topological polar surface area (TPSA) is 122 Å². The lowest BCUT2D eigenvalue weighted by Crippen LogP contribution is -2.23. The van der Waals surface area contributed by atoms with E-state index < -0.39 is 0 Å².